The first-order chi connectivity index (χ1) is 10.1. The number of halogens is 1. The van der Waals surface area contributed by atoms with Crippen LogP contribution in [0, 0.1) is 0 Å². The topological polar surface area (TPSA) is 18.5 Å². The molecule has 0 aromatic heterocycles. The van der Waals surface area contributed by atoms with E-state index in [2.05, 4.69) is 77.2 Å². The largest absolute Gasteiger partial charge is 0.372 e. The Morgan fingerprint density at radius 3 is 2.52 bits per heavy atom. The van der Waals surface area contributed by atoms with Gasteiger partial charge in [0.05, 0.1) is 0 Å². The Hall–Kier alpha value is -0.580. The molecular formula is C17H30BrN3. The standard InChI is InChI=1S/C17H30BrN3/c1-5-10-19-14-15-13-16(18)8-9-17(15)21(6-2)12-7-11-20(3)4/h8-9,13,19H,5-7,10-12,14H2,1-4H3. The average molecular weight is 356 g/mol. The van der Waals surface area contributed by atoms with Gasteiger partial charge in [0.1, 0.15) is 0 Å². The predicted molar refractivity (Wildman–Crippen MR) is 97.2 cm³/mol. The predicted octanol–water partition coefficient (Wildman–Crippen LogP) is 3.73. The van der Waals surface area contributed by atoms with Gasteiger partial charge < -0.3 is 15.1 Å². The highest BCUT2D eigenvalue weighted by atomic mass is 79.9. The van der Waals surface area contributed by atoms with Gasteiger partial charge >= 0.3 is 0 Å². The van der Waals surface area contributed by atoms with E-state index in [9.17, 15) is 0 Å². The van der Waals surface area contributed by atoms with Crippen molar-refractivity contribution in [1.82, 2.24) is 10.2 Å². The van der Waals surface area contributed by atoms with Crippen molar-refractivity contribution in [2.24, 2.45) is 0 Å². The third kappa shape index (κ3) is 6.81. The monoisotopic (exact) mass is 355 g/mol. The van der Waals surface area contributed by atoms with Gasteiger partial charge in [-0.05, 0) is 70.7 Å². The van der Waals surface area contributed by atoms with Crippen molar-refractivity contribution < 1.29 is 0 Å². The first-order valence-corrected chi connectivity index (χ1v) is 8.76. The van der Waals surface area contributed by atoms with Crippen LogP contribution in [0.5, 0.6) is 0 Å². The van der Waals surface area contributed by atoms with Gasteiger partial charge in [-0.25, -0.2) is 0 Å². The highest BCUT2D eigenvalue weighted by molar-refractivity contribution is 9.10. The summed E-state index contributed by atoms with van der Waals surface area (Å²) in [5, 5.41) is 3.52. The zero-order valence-corrected chi connectivity index (χ0v) is 15.5. The van der Waals surface area contributed by atoms with Gasteiger partial charge in [-0.3, -0.25) is 0 Å². The van der Waals surface area contributed by atoms with E-state index in [0.717, 1.165) is 37.2 Å². The minimum absolute atomic E-state index is 0.937. The van der Waals surface area contributed by atoms with Crippen LogP contribution in [0.25, 0.3) is 0 Å². The summed E-state index contributed by atoms with van der Waals surface area (Å²) in [7, 11) is 4.27. The minimum Gasteiger partial charge on any atom is -0.372 e. The molecule has 0 radical (unpaired) electrons. The van der Waals surface area contributed by atoms with Gasteiger partial charge in [0, 0.05) is 29.8 Å². The van der Waals surface area contributed by atoms with E-state index in [4.69, 9.17) is 0 Å². The molecule has 1 aromatic carbocycles. The molecule has 0 aliphatic carbocycles. The molecule has 120 valence electrons. The summed E-state index contributed by atoms with van der Waals surface area (Å²) in [6, 6.07) is 6.63. The summed E-state index contributed by atoms with van der Waals surface area (Å²) >= 11 is 3.60. The summed E-state index contributed by atoms with van der Waals surface area (Å²) in [6.07, 6.45) is 2.36. The average Bonchev–Trinajstić information content (AvgIpc) is 2.44. The lowest BCUT2D eigenvalue weighted by atomic mass is 10.1. The Labute approximate surface area is 138 Å². The van der Waals surface area contributed by atoms with E-state index < -0.39 is 0 Å². The van der Waals surface area contributed by atoms with Crippen LogP contribution >= 0.6 is 15.9 Å². The van der Waals surface area contributed by atoms with Gasteiger partial charge in [-0.1, -0.05) is 22.9 Å². The fraction of sp³-hybridized carbons (Fsp3) is 0.647. The molecule has 21 heavy (non-hydrogen) atoms. The molecule has 0 atom stereocenters. The number of hydrogen-bond acceptors (Lipinski definition) is 3. The molecule has 0 spiro atoms. The maximum Gasteiger partial charge on any atom is 0.0412 e. The molecule has 0 heterocycles. The molecule has 1 N–H and O–H groups in total. The van der Waals surface area contributed by atoms with Gasteiger partial charge in [-0.2, -0.15) is 0 Å². The Bertz CT molecular complexity index is 407. The lowest BCUT2D eigenvalue weighted by Crippen LogP contribution is -2.28. The van der Waals surface area contributed by atoms with Crippen LogP contribution in [0.15, 0.2) is 22.7 Å². The van der Waals surface area contributed by atoms with Crippen LogP contribution in [0.1, 0.15) is 32.3 Å². The molecule has 0 aliphatic heterocycles. The van der Waals surface area contributed by atoms with Crippen molar-refractivity contribution in [2.45, 2.75) is 33.2 Å². The van der Waals surface area contributed by atoms with Crippen molar-refractivity contribution in [3.8, 4) is 0 Å². The number of nitrogens with zero attached hydrogens (tertiary/aromatic N) is 2. The molecule has 1 aromatic rings. The van der Waals surface area contributed by atoms with Gasteiger partial charge in [-0.15, -0.1) is 0 Å². The molecule has 0 amide bonds. The second-order valence-corrected chi connectivity index (χ2v) is 6.60. The lowest BCUT2D eigenvalue weighted by Gasteiger charge is -2.27. The summed E-state index contributed by atoms with van der Waals surface area (Å²) in [6.45, 7) is 9.74. The van der Waals surface area contributed by atoms with E-state index in [1.54, 1.807) is 0 Å². The zero-order valence-electron chi connectivity index (χ0n) is 14.0. The maximum absolute atomic E-state index is 3.60. The molecule has 0 unspecified atom stereocenters. The van der Waals surface area contributed by atoms with Crippen molar-refractivity contribution >= 4 is 21.6 Å². The second-order valence-electron chi connectivity index (χ2n) is 5.69. The summed E-state index contributed by atoms with van der Waals surface area (Å²) in [5.41, 5.74) is 2.74. The van der Waals surface area contributed by atoms with Crippen LogP contribution in [-0.2, 0) is 6.54 Å². The van der Waals surface area contributed by atoms with Crippen LogP contribution in [-0.4, -0.2) is 45.2 Å². The number of nitrogens with one attached hydrogen (secondary N) is 1. The Morgan fingerprint density at radius 2 is 1.90 bits per heavy atom. The fourth-order valence-corrected chi connectivity index (χ4v) is 2.84. The van der Waals surface area contributed by atoms with E-state index >= 15 is 0 Å². The fourth-order valence-electron chi connectivity index (χ4n) is 2.43. The summed E-state index contributed by atoms with van der Waals surface area (Å²) < 4.78 is 1.16. The Balaban J connectivity index is 2.76. The molecule has 3 nitrogen and oxygen atoms in total. The lowest BCUT2D eigenvalue weighted by molar-refractivity contribution is 0.400. The first kappa shape index (κ1) is 18.5. The third-order valence-corrected chi connectivity index (χ3v) is 4.03. The molecule has 0 aliphatic rings. The number of hydrogen-bond donors (Lipinski definition) is 1. The molecule has 0 saturated carbocycles. The van der Waals surface area contributed by atoms with Crippen LogP contribution < -0.4 is 10.2 Å². The quantitative estimate of drug-likeness (QED) is 0.645. The van der Waals surface area contributed by atoms with Crippen molar-refractivity contribution in [3.63, 3.8) is 0 Å². The molecule has 0 fully saturated rings. The number of rotatable bonds is 10. The van der Waals surface area contributed by atoms with Gasteiger partial charge in [0.2, 0.25) is 0 Å². The van der Waals surface area contributed by atoms with Crippen molar-refractivity contribution in [1.29, 1.82) is 0 Å². The number of benzene rings is 1. The summed E-state index contributed by atoms with van der Waals surface area (Å²) in [4.78, 5) is 4.73. The van der Waals surface area contributed by atoms with Crippen LogP contribution in [0.3, 0.4) is 0 Å². The van der Waals surface area contributed by atoms with E-state index in [-0.39, 0.29) is 0 Å². The highest BCUT2D eigenvalue weighted by Gasteiger charge is 2.10. The first-order valence-electron chi connectivity index (χ1n) is 7.97. The smallest absolute Gasteiger partial charge is 0.0412 e. The van der Waals surface area contributed by atoms with Crippen LogP contribution in [0.2, 0.25) is 0 Å². The SMILES string of the molecule is CCCNCc1cc(Br)ccc1N(CC)CCCN(C)C. The third-order valence-electron chi connectivity index (χ3n) is 3.54. The van der Waals surface area contributed by atoms with Crippen molar-refractivity contribution in [2.75, 3.05) is 45.2 Å². The van der Waals surface area contributed by atoms with E-state index in [0.29, 0.717) is 0 Å². The molecular weight excluding hydrogens is 326 g/mol. The second kappa shape index (κ2) is 10.2. The van der Waals surface area contributed by atoms with E-state index in [1.807, 2.05) is 0 Å². The van der Waals surface area contributed by atoms with E-state index in [1.165, 1.54) is 24.1 Å². The maximum atomic E-state index is 3.60. The Morgan fingerprint density at radius 1 is 1.14 bits per heavy atom. The van der Waals surface area contributed by atoms with Crippen molar-refractivity contribution in [3.05, 3.63) is 28.2 Å². The molecule has 0 bridgehead atoms. The van der Waals surface area contributed by atoms with Crippen LogP contribution in [0.4, 0.5) is 5.69 Å². The molecule has 1 rings (SSSR count). The molecule has 4 heteroatoms. The Kier molecular flexibility index (Phi) is 8.97. The molecule has 0 saturated heterocycles. The normalized spacial score (nSPS) is 11.1. The summed E-state index contributed by atoms with van der Waals surface area (Å²) in [5.74, 6) is 0. The minimum atomic E-state index is 0.937. The highest BCUT2D eigenvalue weighted by Crippen LogP contribution is 2.25. The van der Waals surface area contributed by atoms with Gasteiger partial charge in [0.25, 0.3) is 0 Å². The van der Waals surface area contributed by atoms with Gasteiger partial charge in [0.15, 0.2) is 0 Å². The zero-order chi connectivity index (χ0) is 15.7. The number of anilines is 1.